The summed E-state index contributed by atoms with van der Waals surface area (Å²) < 4.78 is 33.9. The molecule has 1 aliphatic heterocycles. The summed E-state index contributed by atoms with van der Waals surface area (Å²) in [6.45, 7) is 1.11. The molecule has 0 saturated carbocycles. The van der Waals surface area contributed by atoms with Crippen LogP contribution in [-0.4, -0.2) is 60.2 Å². The minimum Gasteiger partial charge on any atom is -0.382 e. The summed E-state index contributed by atoms with van der Waals surface area (Å²) in [5, 5.41) is 0. The van der Waals surface area contributed by atoms with Gasteiger partial charge in [0.1, 0.15) is 18.3 Å². The van der Waals surface area contributed by atoms with Crippen LogP contribution in [0.5, 0.6) is 0 Å². The molecule has 0 amide bonds. The molecule has 11 heteroatoms. The number of rotatable bonds is 6. The van der Waals surface area contributed by atoms with Gasteiger partial charge in [-0.25, -0.2) is 4.79 Å². The van der Waals surface area contributed by atoms with E-state index in [-0.39, 0.29) is 6.61 Å². The van der Waals surface area contributed by atoms with E-state index in [1.165, 1.54) is 20.4 Å². The van der Waals surface area contributed by atoms with Gasteiger partial charge in [-0.2, -0.15) is 0 Å². The zero-order valence-corrected chi connectivity index (χ0v) is 13.8. The standard InChI is InChI=1S/C12H19N2O8P/c1-19-6-7-9(22-23(3,17)18)10(20-2)11(21-7)14-5-4-8(15)13-12(14)16/h4-5,7,9-11H,6H2,1-3H3,(H,17,18)(H,13,15,16)/t7-,9?,10+,11-/m1/s1. The highest BCUT2D eigenvalue weighted by Gasteiger charge is 2.49. The SMILES string of the molecule is COC[C@H]1O[C@@H](n2ccc(=O)[nH]c2=O)[C@@H](OC)C1OP(C)(=O)O. The van der Waals surface area contributed by atoms with Crippen molar-refractivity contribution in [2.24, 2.45) is 0 Å². The summed E-state index contributed by atoms with van der Waals surface area (Å²) in [7, 11) is -1.03. The van der Waals surface area contributed by atoms with Gasteiger partial charge < -0.3 is 19.1 Å². The van der Waals surface area contributed by atoms with Crippen molar-refractivity contribution < 1.29 is 28.2 Å². The molecule has 5 atom stereocenters. The average molecular weight is 350 g/mol. The molecule has 2 rings (SSSR count). The molecule has 1 aromatic rings. The number of hydrogen-bond acceptors (Lipinski definition) is 7. The van der Waals surface area contributed by atoms with Crippen molar-refractivity contribution in [3.05, 3.63) is 33.1 Å². The molecule has 1 aromatic heterocycles. The number of hydrogen-bond donors (Lipinski definition) is 2. The third-order valence-electron chi connectivity index (χ3n) is 3.33. The Morgan fingerprint density at radius 3 is 2.61 bits per heavy atom. The van der Waals surface area contributed by atoms with Gasteiger partial charge in [0.25, 0.3) is 5.56 Å². The van der Waals surface area contributed by atoms with Crippen LogP contribution in [0, 0.1) is 0 Å². The minimum atomic E-state index is -3.82. The van der Waals surface area contributed by atoms with Crippen LogP contribution in [0.25, 0.3) is 0 Å². The third-order valence-corrected chi connectivity index (χ3v) is 3.97. The summed E-state index contributed by atoms with van der Waals surface area (Å²) in [5.41, 5.74) is -1.24. The molecule has 0 radical (unpaired) electrons. The van der Waals surface area contributed by atoms with E-state index in [1.807, 2.05) is 0 Å². The van der Waals surface area contributed by atoms with E-state index in [1.54, 1.807) is 0 Å². The van der Waals surface area contributed by atoms with Gasteiger partial charge in [0.05, 0.1) is 6.61 Å². The second-order valence-corrected chi connectivity index (χ2v) is 6.93. The smallest absolute Gasteiger partial charge is 0.330 e. The number of aromatic nitrogens is 2. The first-order valence-corrected chi connectivity index (χ1v) is 8.76. The summed E-state index contributed by atoms with van der Waals surface area (Å²) in [5.74, 6) is 0. The molecule has 0 bridgehead atoms. The Labute approximate surface area is 131 Å². The Morgan fingerprint density at radius 2 is 2.09 bits per heavy atom. The Morgan fingerprint density at radius 1 is 1.39 bits per heavy atom. The maximum Gasteiger partial charge on any atom is 0.330 e. The lowest BCUT2D eigenvalue weighted by atomic mass is 10.1. The van der Waals surface area contributed by atoms with Crippen LogP contribution in [0.3, 0.4) is 0 Å². The fraction of sp³-hybridized carbons (Fsp3) is 0.667. The topological polar surface area (TPSA) is 129 Å². The second kappa shape index (κ2) is 7.08. The lowest BCUT2D eigenvalue weighted by Crippen LogP contribution is -2.39. The summed E-state index contributed by atoms with van der Waals surface area (Å²) in [4.78, 5) is 34.7. The van der Waals surface area contributed by atoms with E-state index >= 15 is 0 Å². The third kappa shape index (κ3) is 4.17. The van der Waals surface area contributed by atoms with Gasteiger partial charge in [0.2, 0.25) is 0 Å². The lowest BCUT2D eigenvalue weighted by molar-refractivity contribution is -0.0668. The summed E-state index contributed by atoms with van der Waals surface area (Å²) >= 11 is 0. The summed E-state index contributed by atoms with van der Waals surface area (Å²) in [6, 6.07) is 1.16. The van der Waals surface area contributed by atoms with Crippen molar-refractivity contribution in [2.75, 3.05) is 27.5 Å². The van der Waals surface area contributed by atoms with Gasteiger partial charge in [-0.3, -0.25) is 23.4 Å². The predicted octanol–water partition coefficient (Wildman–Crippen LogP) is -0.704. The molecule has 0 aliphatic carbocycles. The number of ether oxygens (including phenoxy) is 3. The molecule has 0 spiro atoms. The number of H-pyrrole nitrogens is 1. The first-order valence-electron chi connectivity index (χ1n) is 6.74. The minimum absolute atomic E-state index is 0.0686. The van der Waals surface area contributed by atoms with E-state index in [2.05, 4.69) is 4.98 Å². The molecule has 0 aromatic carbocycles. The molecular weight excluding hydrogens is 331 g/mol. The molecule has 1 saturated heterocycles. The highest BCUT2D eigenvalue weighted by molar-refractivity contribution is 7.51. The van der Waals surface area contributed by atoms with Crippen LogP contribution in [0.4, 0.5) is 0 Å². The van der Waals surface area contributed by atoms with Gasteiger partial charge in [0.15, 0.2) is 6.23 Å². The van der Waals surface area contributed by atoms with Crippen molar-refractivity contribution in [3.63, 3.8) is 0 Å². The number of aromatic amines is 1. The zero-order valence-electron chi connectivity index (χ0n) is 12.9. The zero-order chi connectivity index (χ0) is 17.2. The van der Waals surface area contributed by atoms with E-state index in [0.717, 1.165) is 17.3 Å². The monoisotopic (exact) mass is 350 g/mol. The van der Waals surface area contributed by atoms with Gasteiger partial charge in [-0.15, -0.1) is 0 Å². The van der Waals surface area contributed by atoms with Gasteiger partial charge in [-0.05, 0) is 0 Å². The quantitative estimate of drug-likeness (QED) is 0.644. The highest BCUT2D eigenvalue weighted by Crippen LogP contribution is 2.44. The average Bonchev–Trinajstić information content (AvgIpc) is 2.75. The summed E-state index contributed by atoms with van der Waals surface area (Å²) in [6.07, 6.45) is -2.19. The first kappa shape index (κ1) is 18.1. The van der Waals surface area contributed by atoms with Gasteiger partial charge >= 0.3 is 13.3 Å². The van der Waals surface area contributed by atoms with E-state index in [9.17, 15) is 19.0 Å². The molecule has 130 valence electrons. The molecule has 2 N–H and O–H groups in total. The fourth-order valence-electron chi connectivity index (χ4n) is 2.46. The van der Waals surface area contributed by atoms with Crippen LogP contribution in [0.15, 0.2) is 21.9 Å². The van der Waals surface area contributed by atoms with Crippen LogP contribution < -0.4 is 11.2 Å². The normalized spacial score (nSPS) is 30.3. The lowest BCUT2D eigenvalue weighted by Gasteiger charge is -2.24. The highest BCUT2D eigenvalue weighted by atomic mass is 31.2. The van der Waals surface area contributed by atoms with Crippen LogP contribution in [0.2, 0.25) is 0 Å². The van der Waals surface area contributed by atoms with Crippen molar-refractivity contribution in [1.29, 1.82) is 0 Å². The van der Waals surface area contributed by atoms with Gasteiger partial charge in [-0.1, -0.05) is 0 Å². The molecule has 1 aliphatic rings. The van der Waals surface area contributed by atoms with Crippen molar-refractivity contribution >= 4 is 7.60 Å². The molecule has 23 heavy (non-hydrogen) atoms. The Bertz CT molecular complexity index is 695. The molecular formula is C12H19N2O8P. The number of nitrogens with one attached hydrogen (secondary N) is 1. The molecule has 2 heterocycles. The largest absolute Gasteiger partial charge is 0.382 e. The Kier molecular flexibility index (Phi) is 5.56. The predicted molar refractivity (Wildman–Crippen MR) is 78.5 cm³/mol. The molecule has 10 nitrogen and oxygen atoms in total. The number of nitrogens with zero attached hydrogens (tertiary/aromatic N) is 1. The Hall–Kier alpha value is -1.29. The van der Waals surface area contributed by atoms with E-state index in [0.29, 0.717) is 0 Å². The fourth-order valence-corrected chi connectivity index (χ4v) is 3.17. The molecule has 1 fully saturated rings. The van der Waals surface area contributed by atoms with E-state index < -0.39 is 43.4 Å². The van der Waals surface area contributed by atoms with Gasteiger partial charge in [0, 0.05) is 33.1 Å². The second-order valence-electron chi connectivity index (χ2n) is 5.11. The maximum absolute atomic E-state index is 11.9. The van der Waals surface area contributed by atoms with Crippen LogP contribution >= 0.6 is 7.60 Å². The van der Waals surface area contributed by atoms with Crippen LogP contribution in [0.1, 0.15) is 6.23 Å². The first-order chi connectivity index (χ1) is 10.8. The molecule has 2 unspecified atom stereocenters. The van der Waals surface area contributed by atoms with Crippen LogP contribution in [-0.2, 0) is 23.3 Å². The van der Waals surface area contributed by atoms with Crippen molar-refractivity contribution in [1.82, 2.24) is 9.55 Å². The maximum atomic E-state index is 11.9. The van der Waals surface area contributed by atoms with Crippen molar-refractivity contribution in [3.8, 4) is 0 Å². The Balaban J connectivity index is 2.38. The number of methoxy groups -OCH3 is 2. The van der Waals surface area contributed by atoms with E-state index in [4.69, 9.17) is 18.7 Å². The van der Waals surface area contributed by atoms with Crippen molar-refractivity contribution in [2.45, 2.75) is 24.5 Å².